The molecule has 2 aliphatic rings. The fourth-order valence-electron chi connectivity index (χ4n) is 4.58. The predicted octanol–water partition coefficient (Wildman–Crippen LogP) is 5.12. The number of carbonyl (C=O) groups excluding carboxylic acids is 2. The summed E-state index contributed by atoms with van der Waals surface area (Å²) in [5.41, 5.74) is 4.32. The van der Waals surface area contributed by atoms with Gasteiger partial charge in [-0.1, -0.05) is 52.3 Å². The van der Waals surface area contributed by atoms with E-state index in [1.807, 2.05) is 86.6 Å². The molecule has 0 spiro atoms. The van der Waals surface area contributed by atoms with E-state index in [1.165, 1.54) is 4.90 Å². The Kier molecular flexibility index (Phi) is 4.91. The van der Waals surface area contributed by atoms with Crippen LogP contribution in [0.25, 0.3) is 0 Å². The molecule has 3 aromatic rings. The van der Waals surface area contributed by atoms with Crippen molar-refractivity contribution in [1.82, 2.24) is 0 Å². The van der Waals surface area contributed by atoms with Crippen molar-refractivity contribution >= 4 is 39.1 Å². The highest BCUT2D eigenvalue weighted by molar-refractivity contribution is 9.10. The number of anilines is 2. The summed E-state index contributed by atoms with van der Waals surface area (Å²) in [4.78, 5) is 34.5. The van der Waals surface area contributed by atoms with Crippen LogP contribution in [-0.2, 0) is 14.4 Å². The van der Waals surface area contributed by atoms with E-state index in [2.05, 4.69) is 15.9 Å². The first kappa shape index (κ1) is 20.0. The molecule has 2 saturated heterocycles. The first-order valence-electron chi connectivity index (χ1n) is 10.2. The summed E-state index contributed by atoms with van der Waals surface area (Å²) in [6.45, 7) is 3.92. The van der Waals surface area contributed by atoms with Gasteiger partial charge in [-0.2, -0.15) is 0 Å². The molecule has 5 rings (SSSR count). The number of rotatable bonds is 3. The van der Waals surface area contributed by atoms with Crippen LogP contribution in [0.1, 0.15) is 22.7 Å². The van der Waals surface area contributed by atoms with Gasteiger partial charge in [0.2, 0.25) is 5.91 Å². The quantitative estimate of drug-likeness (QED) is 0.492. The largest absolute Gasteiger partial charge is 0.273 e. The topological polar surface area (TPSA) is 49.9 Å². The lowest BCUT2D eigenvalue weighted by Gasteiger charge is -2.29. The van der Waals surface area contributed by atoms with Gasteiger partial charge in [-0.15, -0.1) is 0 Å². The normalized spacial score (nSPS) is 22.9. The van der Waals surface area contributed by atoms with E-state index in [-0.39, 0.29) is 11.8 Å². The Morgan fingerprint density at radius 2 is 1.52 bits per heavy atom. The number of hydroxylamine groups is 1. The summed E-state index contributed by atoms with van der Waals surface area (Å²) >= 11 is 3.53. The van der Waals surface area contributed by atoms with Crippen LogP contribution in [0.3, 0.4) is 0 Å². The lowest BCUT2D eigenvalue weighted by Crippen LogP contribution is -2.37. The average molecular weight is 477 g/mol. The second-order valence-electron chi connectivity index (χ2n) is 8.07. The molecule has 0 N–H and O–H groups in total. The third-order valence-electron chi connectivity index (χ3n) is 5.78. The molecular weight excluding hydrogens is 456 g/mol. The maximum Gasteiger partial charge on any atom is 0.266 e. The van der Waals surface area contributed by atoms with E-state index >= 15 is 0 Å². The zero-order valence-corrected chi connectivity index (χ0v) is 18.7. The van der Waals surface area contributed by atoms with Gasteiger partial charge in [0, 0.05) is 4.47 Å². The molecule has 0 unspecified atom stereocenters. The first-order chi connectivity index (χ1) is 14.9. The van der Waals surface area contributed by atoms with Crippen LogP contribution in [0.2, 0.25) is 0 Å². The second-order valence-corrected chi connectivity index (χ2v) is 8.99. The van der Waals surface area contributed by atoms with Gasteiger partial charge >= 0.3 is 0 Å². The average Bonchev–Trinajstić information content (AvgIpc) is 3.24. The Morgan fingerprint density at radius 1 is 0.806 bits per heavy atom. The van der Waals surface area contributed by atoms with Crippen LogP contribution in [0.15, 0.2) is 77.3 Å². The number of hydrogen-bond donors (Lipinski definition) is 0. The van der Waals surface area contributed by atoms with Crippen molar-refractivity contribution in [3.05, 3.63) is 94.0 Å². The van der Waals surface area contributed by atoms with Gasteiger partial charge in [0.1, 0.15) is 5.92 Å². The lowest BCUT2D eigenvalue weighted by molar-refractivity contribution is -0.126. The van der Waals surface area contributed by atoms with Crippen molar-refractivity contribution in [1.29, 1.82) is 0 Å². The van der Waals surface area contributed by atoms with Crippen LogP contribution in [0.4, 0.5) is 11.4 Å². The first-order valence-corrected chi connectivity index (χ1v) is 11.0. The summed E-state index contributed by atoms with van der Waals surface area (Å²) in [6.07, 6.45) is -0.863. The van der Waals surface area contributed by atoms with Gasteiger partial charge in [0.05, 0.1) is 17.4 Å². The molecule has 0 aromatic heterocycles. The van der Waals surface area contributed by atoms with Gasteiger partial charge in [0.25, 0.3) is 5.91 Å². The Labute approximate surface area is 189 Å². The summed E-state index contributed by atoms with van der Waals surface area (Å²) in [5, 5.41) is 1.71. The molecule has 3 atom stereocenters. The van der Waals surface area contributed by atoms with Crippen molar-refractivity contribution in [3.63, 3.8) is 0 Å². The molecule has 0 radical (unpaired) electrons. The molecule has 6 heteroatoms. The fourth-order valence-corrected chi connectivity index (χ4v) is 4.99. The fraction of sp³-hybridized carbons (Fsp3) is 0.200. The summed E-state index contributed by atoms with van der Waals surface area (Å²) in [7, 11) is 0. The van der Waals surface area contributed by atoms with Crippen molar-refractivity contribution in [3.8, 4) is 0 Å². The Hall–Kier alpha value is -2.96. The van der Waals surface area contributed by atoms with E-state index < -0.39 is 18.1 Å². The van der Waals surface area contributed by atoms with E-state index in [0.717, 1.165) is 26.9 Å². The van der Waals surface area contributed by atoms with Crippen LogP contribution < -0.4 is 9.96 Å². The third-order valence-corrected chi connectivity index (χ3v) is 6.27. The number of aryl methyl sites for hydroxylation is 2. The minimum Gasteiger partial charge on any atom is -0.273 e. The lowest BCUT2D eigenvalue weighted by atomic mass is 9.90. The third kappa shape index (κ3) is 3.36. The maximum atomic E-state index is 13.7. The minimum absolute atomic E-state index is 0.233. The molecule has 0 saturated carbocycles. The summed E-state index contributed by atoms with van der Waals surface area (Å²) in [5.74, 6) is -1.19. The summed E-state index contributed by atoms with van der Waals surface area (Å²) < 4.78 is 0.907. The Morgan fingerprint density at radius 3 is 2.19 bits per heavy atom. The number of carbonyl (C=O) groups is 2. The Balaban J connectivity index is 1.60. The molecule has 2 aliphatic heterocycles. The summed E-state index contributed by atoms with van der Waals surface area (Å²) in [6, 6.07) is 22.7. The smallest absolute Gasteiger partial charge is 0.266 e. The van der Waals surface area contributed by atoms with E-state index in [9.17, 15) is 9.59 Å². The number of nitrogens with zero attached hydrogens (tertiary/aromatic N) is 2. The van der Waals surface area contributed by atoms with Gasteiger partial charge in [-0.05, 0) is 66.9 Å². The standard InChI is InChI=1S/C25H21BrN2O3/c1-15-11-16(2)13-20(12-15)27-24(29)21-22(17-7-6-8-18(26)14-17)28(31-23(21)25(27)30)19-9-4-3-5-10-19/h3-14,21-23H,1-2H3/t21-,22-,23-/m0/s1. The van der Waals surface area contributed by atoms with Crippen molar-refractivity contribution in [2.45, 2.75) is 26.0 Å². The van der Waals surface area contributed by atoms with Crippen LogP contribution in [0, 0.1) is 19.8 Å². The minimum atomic E-state index is -0.863. The number of imide groups is 1. The zero-order chi connectivity index (χ0) is 21.7. The maximum absolute atomic E-state index is 13.7. The Bertz CT molecular complexity index is 1160. The van der Waals surface area contributed by atoms with Gasteiger partial charge in [0.15, 0.2) is 6.10 Å². The van der Waals surface area contributed by atoms with Crippen LogP contribution in [0.5, 0.6) is 0 Å². The molecule has 3 aromatic carbocycles. The number of hydrogen-bond acceptors (Lipinski definition) is 4. The van der Waals surface area contributed by atoms with Crippen molar-refractivity contribution < 1.29 is 14.4 Å². The molecular formula is C25H21BrN2O3. The molecule has 5 nitrogen and oxygen atoms in total. The molecule has 31 heavy (non-hydrogen) atoms. The molecule has 0 aliphatic carbocycles. The predicted molar refractivity (Wildman–Crippen MR) is 123 cm³/mol. The number of halogens is 1. The second kappa shape index (κ2) is 7.62. The number of para-hydroxylation sites is 1. The van der Waals surface area contributed by atoms with Gasteiger partial charge in [-0.25, -0.2) is 9.96 Å². The number of fused-ring (bicyclic) bond motifs is 1. The van der Waals surface area contributed by atoms with Gasteiger partial charge < -0.3 is 0 Å². The van der Waals surface area contributed by atoms with Crippen molar-refractivity contribution in [2.24, 2.45) is 5.92 Å². The molecule has 2 heterocycles. The van der Waals surface area contributed by atoms with Crippen LogP contribution >= 0.6 is 15.9 Å². The zero-order valence-electron chi connectivity index (χ0n) is 17.2. The van der Waals surface area contributed by atoms with E-state index in [0.29, 0.717) is 5.69 Å². The molecule has 0 bridgehead atoms. The monoisotopic (exact) mass is 476 g/mol. The van der Waals surface area contributed by atoms with E-state index in [1.54, 1.807) is 5.06 Å². The molecule has 2 fully saturated rings. The highest BCUT2D eigenvalue weighted by Crippen LogP contribution is 2.47. The number of benzene rings is 3. The van der Waals surface area contributed by atoms with E-state index in [4.69, 9.17) is 4.84 Å². The van der Waals surface area contributed by atoms with Crippen LogP contribution in [-0.4, -0.2) is 17.9 Å². The molecule has 2 amide bonds. The highest BCUT2D eigenvalue weighted by atomic mass is 79.9. The highest BCUT2D eigenvalue weighted by Gasteiger charge is 2.60. The van der Waals surface area contributed by atoms with Gasteiger partial charge in [-0.3, -0.25) is 14.4 Å². The SMILES string of the molecule is Cc1cc(C)cc(N2C(=O)[C@@H]3[C@H](ON(c4ccccc4)[C@H]3c3cccc(Br)c3)C2=O)c1. The number of amides is 2. The molecule has 156 valence electrons. The van der Waals surface area contributed by atoms with Crippen molar-refractivity contribution in [2.75, 3.05) is 9.96 Å².